The molecule has 0 aromatic carbocycles. The molecule has 0 saturated heterocycles. The molecule has 0 aromatic rings. The Kier molecular flexibility index (Phi) is 28.8. The zero-order valence-electron chi connectivity index (χ0n) is 20.4. The Balaban J connectivity index is -0.00000171. The minimum absolute atomic E-state index is 0. The van der Waals surface area contributed by atoms with Gasteiger partial charge in [-0.05, 0) is 12.8 Å². The fraction of sp³-hybridized carbons (Fsp3) is 0.833. The van der Waals surface area contributed by atoms with Gasteiger partial charge >= 0.3 is 0 Å². The Hall–Kier alpha value is -0.195. The summed E-state index contributed by atoms with van der Waals surface area (Å²) in [5.74, 6) is -0.436. The normalized spacial score (nSPS) is 13.0. The van der Waals surface area contributed by atoms with E-state index in [1.807, 2.05) is 40.4 Å². The topological polar surface area (TPSA) is 75.3 Å². The minimum atomic E-state index is -0.588. The molecule has 0 spiro atoms. The van der Waals surface area contributed by atoms with E-state index in [9.17, 15) is 14.4 Å². The minimum Gasteiger partial charge on any atom is -0.540 e. The second-order valence-electron chi connectivity index (χ2n) is 7.85. The summed E-state index contributed by atoms with van der Waals surface area (Å²) in [7, 11) is 0. The van der Waals surface area contributed by atoms with Gasteiger partial charge in [0.2, 0.25) is 11.8 Å². The van der Waals surface area contributed by atoms with Gasteiger partial charge in [-0.15, -0.1) is 0 Å². The van der Waals surface area contributed by atoms with Crippen molar-refractivity contribution in [3.8, 4) is 0 Å². The molecule has 6 heteroatoms. The molecule has 5 nitrogen and oxygen atoms in total. The molecule has 3 atom stereocenters. The van der Waals surface area contributed by atoms with Crippen LogP contribution in [0.1, 0.15) is 112 Å². The third-order valence-electron chi connectivity index (χ3n) is 4.72. The molecule has 0 aliphatic carbocycles. The molecule has 0 heterocycles. The Morgan fingerprint density at radius 3 is 1.77 bits per heavy atom. The number of carbonyl (C=O) groups excluding carboxylic acids is 3. The summed E-state index contributed by atoms with van der Waals surface area (Å²) in [6, 6.07) is -1.16. The van der Waals surface area contributed by atoms with Crippen LogP contribution in [0.2, 0.25) is 0 Å². The second kappa shape index (κ2) is 25.1. The maximum absolute atomic E-state index is 12.6. The van der Waals surface area contributed by atoms with Gasteiger partial charge in [0.1, 0.15) is 6.04 Å². The first kappa shape index (κ1) is 34.4. The van der Waals surface area contributed by atoms with E-state index in [2.05, 4.69) is 24.5 Å². The Labute approximate surface area is 214 Å². The van der Waals surface area contributed by atoms with Crippen LogP contribution < -0.4 is 10.6 Å². The predicted octanol–water partition coefficient (Wildman–Crippen LogP) is 5.28. The number of nitrogens with one attached hydrogen (secondary N) is 2. The fourth-order valence-corrected chi connectivity index (χ4v) is 2.85. The fourth-order valence-electron chi connectivity index (χ4n) is 2.85. The summed E-state index contributed by atoms with van der Waals surface area (Å²) in [5, 5.41) is 5.65. The van der Waals surface area contributed by atoms with Crippen molar-refractivity contribution in [2.75, 3.05) is 0 Å². The molecule has 1 radical (unpaired) electrons. The zero-order valence-corrected chi connectivity index (χ0v) is 24.0. The number of rotatable bonds is 16. The van der Waals surface area contributed by atoms with Crippen LogP contribution in [-0.4, -0.2) is 30.2 Å². The monoisotopic (exact) mass is 549 g/mol. The molecule has 0 aliphatic heterocycles. The van der Waals surface area contributed by atoms with E-state index in [-0.39, 0.29) is 53.3 Å². The van der Waals surface area contributed by atoms with E-state index < -0.39 is 12.1 Å². The Bertz CT molecular complexity index is 419. The molecule has 2 N–H and O–H groups in total. The first-order valence-corrected chi connectivity index (χ1v) is 11.6. The van der Waals surface area contributed by atoms with E-state index in [0.29, 0.717) is 12.8 Å². The quantitative estimate of drug-likeness (QED) is 0.203. The molecule has 2 amide bonds. The van der Waals surface area contributed by atoms with E-state index in [4.69, 9.17) is 0 Å². The van der Waals surface area contributed by atoms with Crippen molar-refractivity contribution < 1.29 is 50.0 Å². The number of hydrogen-bond acceptors (Lipinski definition) is 3. The second-order valence-corrected chi connectivity index (χ2v) is 7.85. The van der Waals surface area contributed by atoms with Gasteiger partial charge in [-0.3, -0.25) is 9.59 Å². The molecule has 0 aromatic heterocycles. The summed E-state index contributed by atoms with van der Waals surface area (Å²) < 4.78 is 0. The summed E-state index contributed by atoms with van der Waals surface area (Å²) in [4.78, 5) is 36.1. The van der Waals surface area contributed by atoms with Crippen LogP contribution >= 0.6 is 0 Å². The molecular weight excluding hydrogens is 503 g/mol. The molecule has 0 aliphatic rings. The van der Waals surface area contributed by atoms with Crippen molar-refractivity contribution in [1.29, 1.82) is 0 Å². The molecule has 175 valence electrons. The van der Waals surface area contributed by atoms with Gasteiger partial charge in [0.05, 0.1) is 0 Å². The van der Waals surface area contributed by atoms with Gasteiger partial charge in [-0.25, -0.2) is 6.29 Å². The number of unbranched alkanes of at least 4 members (excludes halogenated alkanes) is 5. The number of carbonyl (C=O) groups is 2. The van der Waals surface area contributed by atoms with E-state index in [1.165, 1.54) is 0 Å². The Morgan fingerprint density at radius 2 is 1.30 bits per heavy atom. The molecule has 0 saturated carbocycles. The van der Waals surface area contributed by atoms with Crippen LogP contribution in [0.5, 0.6) is 0 Å². The van der Waals surface area contributed by atoms with Crippen LogP contribution in [0, 0.1) is 47.9 Å². The van der Waals surface area contributed by atoms with Gasteiger partial charge < -0.3 is 21.8 Å². The van der Waals surface area contributed by atoms with Crippen LogP contribution in [0.25, 0.3) is 0 Å². The van der Waals surface area contributed by atoms with Crippen LogP contribution in [0.15, 0.2) is 0 Å². The van der Waals surface area contributed by atoms with E-state index >= 15 is 0 Å². The predicted molar refractivity (Wildman–Crippen MR) is 122 cm³/mol. The van der Waals surface area contributed by atoms with Crippen LogP contribution in [0.4, 0.5) is 0 Å². The Morgan fingerprint density at radius 1 is 0.800 bits per heavy atom. The van der Waals surface area contributed by atoms with E-state index in [1.54, 1.807) is 0 Å². The first-order valence-electron chi connectivity index (χ1n) is 11.6. The molecule has 0 rings (SSSR count). The average Bonchev–Trinajstić information content (AvgIpc) is 2.70. The van der Waals surface area contributed by atoms with Gasteiger partial charge in [0, 0.05) is 41.5 Å². The van der Waals surface area contributed by atoms with Crippen LogP contribution in [0.3, 0.4) is 0 Å². The average molecular weight is 550 g/mol. The summed E-state index contributed by atoms with van der Waals surface area (Å²) in [6.45, 7) is 12.2. The summed E-state index contributed by atoms with van der Waals surface area (Å²) in [5.41, 5.74) is 0. The molecule has 0 fully saturated rings. The molecule has 0 bridgehead atoms. The van der Waals surface area contributed by atoms with Gasteiger partial charge in [0.15, 0.2) is 0 Å². The van der Waals surface area contributed by atoms with Crippen molar-refractivity contribution in [3.63, 3.8) is 0 Å². The van der Waals surface area contributed by atoms with E-state index in [0.717, 1.165) is 57.8 Å². The zero-order chi connectivity index (χ0) is 22.5. The number of hydrogen-bond donors (Lipinski definition) is 2. The first-order chi connectivity index (χ1) is 13.9. The molecule has 30 heavy (non-hydrogen) atoms. The van der Waals surface area contributed by atoms with Crippen molar-refractivity contribution in [3.05, 3.63) is 6.42 Å². The summed E-state index contributed by atoms with van der Waals surface area (Å²) in [6.07, 6.45) is 14.0. The van der Waals surface area contributed by atoms with Gasteiger partial charge in [0.25, 0.3) is 0 Å². The van der Waals surface area contributed by atoms with Crippen molar-refractivity contribution in [1.82, 2.24) is 10.6 Å². The standard InChI is InChI=1S/C21H39N2O3.C3H7.La/c1-5-8-11-13-17(4)20(25)23-19(15-12-9-6-2)21(26)22-18(16-24)14-10-7-3;1-3-2;/h17-19H,5-15H2,1-4H3,(H,22,26)(H,23,25);3H,1-2H3;/q2*-1;. The summed E-state index contributed by atoms with van der Waals surface area (Å²) >= 11 is 0. The smallest absolute Gasteiger partial charge is 0.240 e. The maximum Gasteiger partial charge on any atom is 0.240 e. The van der Waals surface area contributed by atoms with Gasteiger partial charge in [-0.2, -0.15) is 13.8 Å². The van der Waals surface area contributed by atoms with Gasteiger partial charge in [-0.1, -0.05) is 91.5 Å². The van der Waals surface area contributed by atoms with Crippen LogP contribution in [-0.2, 0) is 14.4 Å². The number of amides is 2. The van der Waals surface area contributed by atoms with Crippen molar-refractivity contribution >= 4 is 18.1 Å². The van der Waals surface area contributed by atoms with Crippen molar-refractivity contribution in [2.45, 2.75) is 124 Å². The van der Waals surface area contributed by atoms with Crippen molar-refractivity contribution in [2.24, 2.45) is 5.92 Å². The maximum atomic E-state index is 12.6. The SMILES string of the molecule is CCCCCC(C)C(=O)NC(CCCCC)C(=O)NC([C-]=O)CCCC.C[CH-]C.[La]. The molecule has 3 unspecified atom stereocenters. The molecular formula is C24H46LaN2O3-2. The third-order valence-corrected chi connectivity index (χ3v) is 4.72. The largest absolute Gasteiger partial charge is 0.540 e. The third kappa shape index (κ3) is 19.7.